The van der Waals surface area contributed by atoms with Gasteiger partial charge in [-0.15, -0.1) is 11.6 Å². The maximum atomic E-state index is 13.6. The van der Waals surface area contributed by atoms with Gasteiger partial charge in [0, 0.05) is 0 Å². The molecule has 0 aliphatic heterocycles. The van der Waals surface area contributed by atoms with Gasteiger partial charge in [-0.25, -0.2) is 4.39 Å². The predicted molar refractivity (Wildman–Crippen MR) is 46.9 cm³/mol. The van der Waals surface area contributed by atoms with Crippen molar-refractivity contribution in [1.82, 2.24) is 0 Å². The number of hydrogen-bond acceptors (Lipinski definition) is 0. The molecule has 0 aromatic rings. The third-order valence-electron chi connectivity index (χ3n) is 2.53. The van der Waals surface area contributed by atoms with Gasteiger partial charge in [-0.1, -0.05) is 25.7 Å². The van der Waals surface area contributed by atoms with Crippen LogP contribution in [0.2, 0.25) is 0 Å². The smallest absolute Gasteiger partial charge is 0.124 e. The summed E-state index contributed by atoms with van der Waals surface area (Å²) < 4.78 is 13.6. The maximum absolute atomic E-state index is 13.6. The van der Waals surface area contributed by atoms with E-state index < -0.39 is 5.67 Å². The minimum Gasteiger partial charge on any atom is -0.243 e. The monoisotopic (exact) mass is 178 g/mol. The van der Waals surface area contributed by atoms with Crippen LogP contribution in [0.1, 0.15) is 45.4 Å². The first-order chi connectivity index (χ1) is 5.13. The van der Waals surface area contributed by atoms with Crippen LogP contribution in [0.4, 0.5) is 4.39 Å². The second-order valence-electron chi connectivity index (χ2n) is 3.70. The van der Waals surface area contributed by atoms with E-state index in [1.165, 1.54) is 12.8 Å². The number of hydrogen-bond donors (Lipinski definition) is 0. The molecular weight excluding hydrogens is 163 g/mol. The molecule has 0 saturated heterocycles. The Balaban J connectivity index is 2.47. The predicted octanol–water partition coefficient (Wildman–Crippen LogP) is 3.68. The summed E-state index contributed by atoms with van der Waals surface area (Å²) in [7, 11) is 0. The normalized spacial score (nSPS) is 41.2. The molecule has 0 aromatic heterocycles. The zero-order valence-electron chi connectivity index (χ0n) is 7.08. The van der Waals surface area contributed by atoms with Crippen molar-refractivity contribution in [2.24, 2.45) is 0 Å². The van der Waals surface area contributed by atoms with E-state index >= 15 is 0 Å². The summed E-state index contributed by atoms with van der Waals surface area (Å²) in [6.07, 6.45) is 5.96. The van der Waals surface area contributed by atoms with Crippen molar-refractivity contribution in [2.45, 2.75) is 56.5 Å². The standard InChI is InChI=1S/C9H16ClF/c1-9(11)7-5-3-2-4-6-8(9)10/h8H,2-7H2,1H3. The van der Waals surface area contributed by atoms with Gasteiger partial charge in [0.25, 0.3) is 0 Å². The fraction of sp³-hybridized carbons (Fsp3) is 1.00. The van der Waals surface area contributed by atoms with Crippen LogP contribution in [0.25, 0.3) is 0 Å². The molecule has 1 saturated carbocycles. The van der Waals surface area contributed by atoms with Crippen LogP contribution in [0, 0.1) is 0 Å². The fourth-order valence-corrected chi connectivity index (χ4v) is 1.87. The molecule has 2 heteroatoms. The Morgan fingerprint density at radius 3 is 2.64 bits per heavy atom. The van der Waals surface area contributed by atoms with Gasteiger partial charge in [0.05, 0.1) is 5.38 Å². The zero-order valence-corrected chi connectivity index (χ0v) is 7.83. The van der Waals surface area contributed by atoms with Crippen LogP contribution in [0.15, 0.2) is 0 Å². The molecular formula is C9H16ClF. The molecule has 0 radical (unpaired) electrons. The lowest BCUT2D eigenvalue weighted by Crippen LogP contribution is -2.31. The van der Waals surface area contributed by atoms with E-state index in [-0.39, 0.29) is 5.38 Å². The van der Waals surface area contributed by atoms with E-state index in [9.17, 15) is 4.39 Å². The fourth-order valence-electron chi connectivity index (χ4n) is 1.61. The van der Waals surface area contributed by atoms with Crippen molar-refractivity contribution < 1.29 is 4.39 Å². The molecule has 2 unspecified atom stereocenters. The summed E-state index contributed by atoms with van der Waals surface area (Å²) in [5.41, 5.74) is -1.12. The van der Waals surface area contributed by atoms with Gasteiger partial charge < -0.3 is 0 Å². The van der Waals surface area contributed by atoms with Crippen molar-refractivity contribution in [3.8, 4) is 0 Å². The summed E-state index contributed by atoms with van der Waals surface area (Å²) in [4.78, 5) is 0. The third kappa shape index (κ3) is 2.62. The Bertz CT molecular complexity index is 123. The van der Waals surface area contributed by atoms with Crippen molar-refractivity contribution in [2.75, 3.05) is 0 Å². The molecule has 66 valence electrons. The minimum atomic E-state index is -1.12. The van der Waals surface area contributed by atoms with Gasteiger partial charge in [0.15, 0.2) is 0 Å². The van der Waals surface area contributed by atoms with Gasteiger partial charge in [-0.2, -0.15) is 0 Å². The first kappa shape index (κ1) is 9.31. The summed E-state index contributed by atoms with van der Waals surface area (Å²) in [5, 5.41) is -0.261. The molecule has 1 rings (SSSR count). The maximum Gasteiger partial charge on any atom is 0.124 e. The Morgan fingerprint density at radius 2 is 1.91 bits per heavy atom. The molecule has 0 nitrogen and oxygen atoms in total. The first-order valence-electron chi connectivity index (χ1n) is 4.46. The minimum absolute atomic E-state index is 0.261. The first-order valence-corrected chi connectivity index (χ1v) is 4.89. The highest BCUT2D eigenvalue weighted by molar-refractivity contribution is 6.21. The van der Waals surface area contributed by atoms with Crippen LogP contribution >= 0.6 is 11.6 Å². The van der Waals surface area contributed by atoms with Gasteiger partial charge in [0.1, 0.15) is 5.67 Å². The number of halogens is 2. The molecule has 0 heterocycles. The van der Waals surface area contributed by atoms with Crippen LogP contribution in [-0.4, -0.2) is 11.0 Å². The third-order valence-corrected chi connectivity index (χ3v) is 3.20. The SMILES string of the molecule is CC1(F)CCCCCCC1Cl. The lowest BCUT2D eigenvalue weighted by Gasteiger charge is -2.27. The Hall–Kier alpha value is 0.220. The van der Waals surface area contributed by atoms with Crippen molar-refractivity contribution >= 4 is 11.6 Å². The van der Waals surface area contributed by atoms with E-state index in [0.717, 1.165) is 19.3 Å². The van der Waals surface area contributed by atoms with E-state index in [1.807, 2.05) is 0 Å². The molecule has 1 fully saturated rings. The Morgan fingerprint density at radius 1 is 1.27 bits per heavy atom. The molecule has 0 aromatic carbocycles. The van der Waals surface area contributed by atoms with Gasteiger partial charge >= 0.3 is 0 Å². The van der Waals surface area contributed by atoms with Gasteiger partial charge in [-0.05, 0) is 19.8 Å². The summed E-state index contributed by atoms with van der Waals surface area (Å²) in [6, 6.07) is 0. The lowest BCUT2D eigenvalue weighted by atomic mass is 9.90. The second-order valence-corrected chi connectivity index (χ2v) is 4.23. The Kier molecular flexibility index (Phi) is 3.17. The molecule has 0 spiro atoms. The van der Waals surface area contributed by atoms with Crippen molar-refractivity contribution in [1.29, 1.82) is 0 Å². The largest absolute Gasteiger partial charge is 0.243 e. The average Bonchev–Trinajstić information content (AvgIpc) is 1.93. The van der Waals surface area contributed by atoms with Crippen molar-refractivity contribution in [3.05, 3.63) is 0 Å². The van der Waals surface area contributed by atoms with E-state index in [1.54, 1.807) is 6.92 Å². The molecule has 1 aliphatic carbocycles. The Labute approximate surface area is 73.1 Å². The van der Waals surface area contributed by atoms with E-state index in [4.69, 9.17) is 11.6 Å². The average molecular weight is 179 g/mol. The highest BCUT2D eigenvalue weighted by Crippen LogP contribution is 2.32. The van der Waals surface area contributed by atoms with Crippen molar-refractivity contribution in [3.63, 3.8) is 0 Å². The van der Waals surface area contributed by atoms with Crippen LogP contribution in [-0.2, 0) is 0 Å². The quantitative estimate of drug-likeness (QED) is 0.497. The molecule has 0 amide bonds. The zero-order chi connectivity index (χ0) is 8.32. The molecule has 0 N–H and O–H groups in total. The number of rotatable bonds is 0. The lowest BCUT2D eigenvalue weighted by molar-refractivity contribution is 0.149. The van der Waals surface area contributed by atoms with Crippen LogP contribution in [0.5, 0.6) is 0 Å². The van der Waals surface area contributed by atoms with Gasteiger partial charge in [-0.3, -0.25) is 0 Å². The van der Waals surface area contributed by atoms with E-state index in [2.05, 4.69) is 0 Å². The summed E-state index contributed by atoms with van der Waals surface area (Å²) in [5.74, 6) is 0. The second kappa shape index (κ2) is 3.75. The molecule has 2 atom stereocenters. The number of alkyl halides is 2. The van der Waals surface area contributed by atoms with Crippen LogP contribution < -0.4 is 0 Å². The topological polar surface area (TPSA) is 0 Å². The van der Waals surface area contributed by atoms with Gasteiger partial charge in [0.2, 0.25) is 0 Å². The molecule has 11 heavy (non-hydrogen) atoms. The highest BCUT2D eigenvalue weighted by Gasteiger charge is 2.32. The summed E-state index contributed by atoms with van der Waals surface area (Å²) >= 11 is 5.91. The summed E-state index contributed by atoms with van der Waals surface area (Å²) in [6.45, 7) is 1.63. The van der Waals surface area contributed by atoms with E-state index in [0.29, 0.717) is 6.42 Å². The molecule has 1 aliphatic rings. The highest BCUT2D eigenvalue weighted by atomic mass is 35.5. The van der Waals surface area contributed by atoms with Crippen LogP contribution in [0.3, 0.4) is 0 Å². The molecule has 0 bridgehead atoms.